The number of thiol groups is 1. The summed E-state index contributed by atoms with van der Waals surface area (Å²) in [6, 6.07) is 0. The van der Waals surface area contributed by atoms with Gasteiger partial charge in [0.1, 0.15) is 5.78 Å². The van der Waals surface area contributed by atoms with E-state index >= 15 is 0 Å². The molecular formula is C9H18N2O2S. The van der Waals surface area contributed by atoms with Gasteiger partial charge in [-0.1, -0.05) is 0 Å². The molecule has 0 aromatic heterocycles. The van der Waals surface area contributed by atoms with Gasteiger partial charge in [-0.25, -0.2) is 0 Å². The van der Waals surface area contributed by atoms with Crippen LogP contribution in [0.25, 0.3) is 0 Å². The molecule has 5 heteroatoms. The van der Waals surface area contributed by atoms with Crippen molar-refractivity contribution in [2.24, 2.45) is 0 Å². The molecule has 1 amide bonds. The maximum Gasteiger partial charge on any atom is 0.221 e. The minimum absolute atomic E-state index is 0.0310. The summed E-state index contributed by atoms with van der Waals surface area (Å²) in [5.41, 5.74) is 0. The van der Waals surface area contributed by atoms with E-state index in [1.54, 1.807) is 0 Å². The molecule has 0 aliphatic heterocycles. The van der Waals surface area contributed by atoms with Crippen molar-refractivity contribution in [1.29, 1.82) is 0 Å². The molecule has 0 aromatic rings. The SMILES string of the molecule is CC(=O)CCC(=O)NC(S)CN(C)C. The van der Waals surface area contributed by atoms with Gasteiger partial charge in [0.25, 0.3) is 0 Å². The average Bonchev–Trinajstić information content (AvgIpc) is 1.98. The van der Waals surface area contributed by atoms with Crippen LogP contribution in [0.1, 0.15) is 19.8 Å². The number of carbonyl (C=O) groups is 2. The van der Waals surface area contributed by atoms with E-state index in [0.29, 0.717) is 13.0 Å². The molecule has 0 spiro atoms. The summed E-state index contributed by atoms with van der Waals surface area (Å²) in [6.07, 6.45) is 0.550. The number of ketones is 1. The minimum atomic E-state index is -0.176. The molecule has 0 saturated heterocycles. The summed E-state index contributed by atoms with van der Waals surface area (Å²) in [5, 5.41) is 2.52. The Labute approximate surface area is 90.4 Å². The van der Waals surface area contributed by atoms with Gasteiger partial charge >= 0.3 is 0 Å². The van der Waals surface area contributed by atoms with Gasteiger partial charge in [0.05, 0.1) is 5.37 Å². The van der Waals surface area contributed by atoms with Gasteiger partial charge in [-0.2, -0.15) is 12.6 Å². The van der Waals surface area contributed by atoms with Gasteiger partial charge in [-0.3, -0.25) is 4.79 Å². The van der Waals surface area contributed by atoms with E-state index in [2.05, 4.69) is 17.9 Å². The van der Waals surface area contributed by atoms with Crippen LogP contribution in [-0.2, 0) is 9.59 Å². The fourth-order valence-electron chi connectivity index (χ4n) is 0.939. The monoisotopic (exact) mass is 218 g/mol. The Morgan fingerprint density at radius 3 is 2.36 bits per heavy atom. The fourth-order valence-corrected chi connectivity index (χ4v) is 1.41. The Balaban J connectivity index is 3.65. The van der Waals surface area contributed by atoms with Gasteiger partial charge in [0.2, 0.25) is 5.91 Å². The van der Waals surface area contributed by atoms with Crippen molar-refractivity contribution in [2.45, 2.75) is 25.1 Å². The molecule has 0 aliphatic rings. The molecular weight excluding hydrogens is 200 g/mol. The number of nitrogens with zero attached hydrogens (tertiary/aromatic N) is 1. The van der Waals surface area contributed by atoms with Crippen LogP contribution in [0.3, 0.4) is 0 Å². The van der Waals surface area contributed by atoms with Crippen molar-refractivity contribution in [1.82, 2.24) is 10.2 Å². The topological polar surface area (TPSA) is 49.4 Å². The predicted octanol–water partition coefficient (Wildman–Crippen LogP) is 0.289. The highest BCUT2D eigenvalue weighted by Crippen LogP contribution is 1.95. The average molecular weight is 218 g/mol. The van der Waals surface area contributed by atoms with Gasteiger partial charge in [0, 0.05) is 19.4 Å². The van der Waals surface area contributed by atoms with E-state index in [-0.39, 0.29) is 23.5 Å². The van der Waals surface area contributed by atoms with E-state index in [1.165, 1.54) is 6.92 Å². The van der Waals surface area contributed by atoms with Crippen molar-refractivity contribution in [2.75, 3.05) is 20.6 Å². The lowest BCUT2D eigenvalue weighted by Crippen LogP contribution is -2.38. The highest BCUT2D eigenvalue weighted by atomic mass is 32.1. The Morgan fingerprint density at radius 1 is 1.36 bits per heavy atom. The molecule has 0 radical (unpaired) electrons. The Hall–Kier alpha value is -0.550. The van der Waals surface area contributed by atoms with Crippen LogP contribution in [0.5, 0.6) is 0 Å². The third-order valence-electron chi connectivity index (χ3n) is 1.57. The molecule has 82 valence electrons. The van der Waals surface area contributed by atoms with Gasteiger partial charge in [-0.15, -0.1) is 0 Å². The van der Waals surface area contributed by atoms with Crippen LogP contribution in [0.2, 0.25) is 0 Å². The van der Waals surface area contributed by atoms with E-state index in [9.17, 15) is 9.59 Å². The van der Waals surface area contributed by atoms with Crippen molar-refractivity contribution >= 4 is 24.3 Å². The first-order valence-electron chi connectivity index (χ1n) is 4.53. The number of hydrogen-bond donors (Lipinski definition) is 2. The first kappa shape index (κ1) is 13.4. The smallest absolute Gasteiger partial charge is 0.221 e. The predicted molar refractivity (Wildman–Crippen MR) is 59.4 cm³/mol. The zero-order valence-electron chi connectivity index (χ0n) is 8.91. The maximum atomic E-state index is 11.2. The normalized spacial score (nSPS) is 12.6. The number of Topliss-reactive ketones (excluding diaryl/α,β-unsaturated/α-hetero) is 1. The van der Waals surface area contributed by atoms with Crippen LogP contribution in [-0.4, -0.2) is 42.6 Å². The molecule has 0 saturated carbocycles. The lowest BCUT2D eigenvalue weighted by atomic mass is 10.2. The van der Waals surface area contributed by atoms with Crippen LogP contribution in [0.15, 0.2) is 0 Å². The Kier molecular flexibility index (Phi) is 6.57. The third-order valence-corrected chi connectivity index (χ3v) is 1.86. The number of likely N-dealkylation sites (N-methyl/N-ethyl adjacent to an activating group) is 1. The number of carbonyl (C=O) groups excluding carboxylic acids is 2. The molecule has 0 aliphatic carbocycles. The fraction of sp³-hybridized carbons (Fsp3) is 0.778. The molecule has 0 bridgehead atoms. The van der Waals surface area contributed by atoms with Crippen LogP contribution < -0.4 is 5.32 Å². The van der Waals surface area contributed by atoms with E-state index in [4.69, 9.17) is 0 Å². The van der Waals surface area contributed by atoms with E-state index in [1.807, 2.05) is 19.0 Å². The van der Waals surface area contributed by atoms with Gasteiger partial charge in [0.15, 0.2) is 0 Å². The second-order valence-electron chi connectivity index (χ2n) is 3.55. The lowest BCUT2D eigenvalue weighted by molar-refractivity contribution is -0.124. The molecule has 0 aromatic carbocycles. The van der Waals surface area contributed by atoms with Crippen LogP contribution in [0, 0.1) is 0 Å². The van der Waals surface area contributed by atoms with Gasteiger partial charge < -0.3 is 15.0 Å². The first-order chi connectivity index (χ1) is 6.41. The Morgan fingerprint density at radius 2 is 1.93 bits per heavy atom. The zero-order chi connectivity index (χ0) is 11.1. The molecule has 0 fully saturated rings. The number of nitrogens with one attached hydrogen (secondary N) is 1. The van der Waals surface area contributed by atoms with Crippen molar-refractivity contribution in [3.8, 4) is 0 Å². The summed E-state index contributed by atoms with van der Waals surface area (Å²) in [7, 11) is 3.82. The molecule has 0 heterocycles. The molecule has 1 unspecified atom stereocenters. The van der Waals surface area contributed by atoms with Crippen molar-refractivity contribution in [3.05, 3.63) is 0 Å². The highest BCUT2D eigenvalue weighted by molar-refractivity contribution is 7.81. The highest BCUT2D eigenvalue weighted by Gasteiger charge is 2.09. The summed E-state index contributed by atoms with van der Waals surface area (Å²) >= 11 is 4.19. The summed E-state index contributed by atoms with van der Waals surface area (Å²) in [6.45, 7) is 2.15. The lowest BCUT2D eigenvalue weighted by Gasteiger charge is -2.17. The summed E-state index contributed by atoms with van der Waals surface area (Å²) in [4.78, 5) is 23.7. The third kappa shape index (κ3) is 8.07. The van der Waals surface area contributed by atoms with E-state index in [0.717, 1.165) is 0 Å². The molecule has 14 heavy (non-hydrogen) atoms. The number of rotatable bonds is 6. The molecule has 1 N–H and O–H groups in total. The molecule has 1 atom stereocenters. The van der Waals surface area contributed by atoms with Gasteiger partial charge in [-0.05, 0) is 21.0 Å². The summed E-state index contributed by atoms with van der Waals surface area (Å²) in [5.74, 6) is -0.0921. The van der Waals surface area contributed by atoms with Crippen molar-refractivity contribution in [3.63, 3.8) is 0 Å². The largest absolute Gasteiger partial charge is 0.343 e. The zero-order valence-corrected chi connectivity index (χ0v) is 9.80. The molecule has 4 nitrogen and oxygen atoms in total. The van der Waals surface area contributed by atoms with Crippen LogP contribution in [0.4, 0.5) is 0 Å². The van der Waals surface area contributed by atoms with E-state index < -0.39 is 0 Å². The van der Waals surface area contributed by atoms with Crippen LogP contribution >= 0.6 is 12.6 Å². The minimum Gasteiger partial charge on any atom is -0.343 e. The maximum absolute atomic E-state index is 11.2. The second-order valence-corrected chi connectivity index (χ2v) is 4.17. The number of hydrogen-bond acceptors (Lipinski definition) is 4. The quantitative estimate of drug-likeness (QED) is 0.497. The molecule has 0 rings (SSSR count). The number of amides is 1. The standard InChI is InChI=1S/C9H18N2O2S/c1-7(12)4-5-8(13)10-9(14)6-11(2)3/h9,14H,4-6H2,1-3H3,(H,10,13). The first-order valence-corrected chi connectivity index (χ1v) is 5.05. The van der Waals surface area contributed by atoms with Crippen molar-refractivity contribution < 1.29 is 9.59 Å². The Bertz CT molecular complexity index is 207. The second kappa shape index (κ2) is 6.84. The summed E-state index contributed by atoms with van der Waals surface area (Å²) < 4.78 is 0.